The Hall–Kier alpha value is -2.57. The normalized spacial score (nSPS) is 12.4. The summed E-state index contributed by atoms with van der Waals surface area (Å²) >= 11 is 0. The summed E-state index contributed by atoms with van der Waals surface area (Å²) in [4.78, 5) is 36.1. The molecule has 1 heterocycles. The van der Waals surface area contributed by atoms with Crippen LogP contribution in [0.4, 0.5) is 0 Å². The Balaban J connectivity index is 2.43. The van der Waals surface area contributed by atoms with Gasteiger partial charge in [-0.25, -0.2) is 14.4 Å². The van der Waals surface area contributed by atoms with Gasteiger partial charge in [-0.2, -0.15) is 0 Å². The molecule has 1 aromatic heterocycles. The first kappa shape index (κ1) is 17.8. The van der Waals surface area contributed by atoms with E-state index < -0.39 is 23.7 Å². The lowest BCUT2D eigenvalue weighted by Gasteiger charge is -2.16. The van der Waals surface area contributed by atoms with Crippen LogP contribution in [0.3, 0.4) is 0 Å². The van der Waals surface area contributed by atoms with Crippen LogP contribution in [-0.2, 0) is 14.3 Å². The van der Waals surface area contributed by atoms with Crippen molar-refractivity contribution in [2.75, 3.05) is 13.7 Å². The van der Waals surface area contributed by atoms with E-state index in [1.807, 2.05) is 13.8 Å². The van der Waals surface area contributed by atoms with Crippen molar-refractivity contribution in [3.05, 3.63) is 34.3 Å². The van der Waals surface area contributed by atoms with Gasteiger partial charge in [0.1, 0.15) is 6.04 Å². The highest BCUT2D eigenvalue weighted by molar-refractivity contribution is 5.93. The lowest BCUT2D eigenvalue weighted by molar-refractivity contribution is -0.148. The van der Waals surface area contributed by atoms with Gasteiger partial charge < -0.3 is 13.9 Å². The molecule has 24 heavy (non-hydrogen) atoms. The number of nitrogens with zero attached hydrogens (tertiary/aromatic N) is 1. The fourth-order valence-corrected chi connectivity index (χ4v) is 2.38. The van der Waals surface area contributed by atoms with Crippen LogP contribution >= 0.6 is 0 Å². The molecule has 1 atom stereocenters. The zero-order valence-electron chi connectivity index (χ0n) is 14.2. The first-order valence-electron chi connectivity index (χ1n) is 7.79. The van der Waals surface area contributed by atoms with Crippen LogP contribution in [0.2, 0.25) is 0 Å². The van der Waals surface area contributed by atoms with E-state index in [4.69, 9.17) is 9.15 Å². The number of carbonyl (C=O) groups is 2. The molecule has 2 rings (SSSR count). The third-order valence-electron chi connectivity index (χ3n) is 3.56. The van der Waals surface area contributed by atoms with Gasteiger partial charge in [0.05, 0.1) is 24.8 Å². The van der Waals surface area contributed by atoms with Gasteiger partial charge in [0.15, 0.2) is 5.58 Å². The Bertz CT molecular complexity index is 801. The van der Waals surface area contributed by atoms with Crippen LogP contribution in [-0.4, -0.2) is 30.2 Å². The van der Waals surface area contributed by atoms with Gasteiger partial charge in [-0.05, 0) is 30.5 Å². The van der Waals surface area contributed by atoms with E-state index in [9.17, 15) is 14.4 Å². The van der Waals surface area contributed by atoms with Crippen molar-refractivity contribution in [1.82, 2.24) is 4.57 Å². The van der Waals surface area contributed by atoms with Crippen LogP contribution in [0.5, 0.6) is 0 Å². The number of rotatable bonds is 6. The topological polar surface area (TPSA) is 87.7 Å². The number of benzene rings is 1. The van der Waals surface area contributed by atoms with Crippen LogP contribution in [0.25, 0.3) is 11.1 Å². The van der Waals surface area contributed by atoms with Crippen molar-refractivity contribution in [2.24, 2.45) is 5.92 Å². The first-order chi connectivity index (χ1) is 11.4. The van der Waals surface area contributed by atoms with Crippen LogP contribution < -0.4 is 5.76 Å². The molecule has 0 bridgehead atoms. The number of esters is 2. The quantitative estimate of drug-likeness (QED) is 0.754. The standard InChI is InChI=1S/C17H21NO6/c1-5-12(16(20)23-9-10(2)3)18-13-7-6-11(15(19)22-4)8-14(13)24-17(18)21/h6-8,10,12H,5,9H2,1-4H3. The van der Waals surface area contributed by atoms with Gasteiger partial charge in [0, 0.05) is 0 Å². The molecular formula is C17H21NO6. The second-order valence-electron chi connectivity index (χ2n) is 5.86. The summed E-state index contributed by atoms with van der Waals surface area (Å²) in [6.07, 6.45) is 0.379. The molecule has 0 saturated carbocycles. The third kappa shape index (κ3) is 3.50. The number of carbonyl (C=O) groups excluding carboxylic acids is 2. The lowest BCUT2D eigenvalue weighted by Crippen LogP contribution is -2.29. The second-order valence-corrected chi connectivity index (χ2v) is 5.86. The molecule has 0 spiro atoms. The molecule has 1 unspecified atom stereocenters. The monoisotopic (exact) mass is 335 g/mol. The van der Waals surface area contributed by atoms with E-state index >= 15 is 0 Å². The number of hydrogen-bond donors (Lipinski definition) is 0. The van der Waals surface area contributed by atoms with E-state index in [0.717, 1.165) is 0 Å². The molecule has 0 fully saturated rings. The number of fused-ring (bicyclic) bond motifs is 1. The number of aromatic nitrogens is 1. The van der Waals surface area contributed by atoms with Crippen molar-refractivity contribution in [1.29, 1.82) is 0 Å². The van der Waals surface area contributed by atoms with E-state index in [1.54, 1.807) is 13.0 Å². The molecule has 7 heteroatoms. The van der Waals surface area contributed by atoms with Crippen molar-refractivity contribution < 1.29 is 23.5 Å². The highest BCUT2D eigenvalue weighted by Gasteiger charge is 2.26. The van der Waals surface area contributed by atoms with E-state index in [0.29, 0.717) is 11.9 Å². The molecule has 0 radical (unpaired) electrons. The van der Waals surface area contributed by atoms with Crippen LogP contribution in [0, 0.1) is 5.92 Å². The summed E-state index contributed by atoms with van der Waals surface area (Å²) < 4.78 is 16.3. The molecule has 0 aliphatic rings. The minimum atomic E-state index is -0.776. The van der Waals surface area contributed by atoms with Gasteiger partial charge in [-0.1, -0.05) is 20.8 Å². The number of hydrogen-bond acceptors (Lipinski definition) is 6. The molecule has 1 aromatic carbocycles. The molecule has 0 N–H and O–H groups in total. The van der Waals surface area contributed by atoms with Crippen molar-refractivity contribution >= 4 is 23.0 Å². The summed E-state index contributed by atoms with van der Waals surface area (Å²) in [6, 6.07) is 3.73. The third-order valence-corrected chi connectivity index (χ3v) is 3.56. The van der Waals surface area contributed by atoms with Crippen molar-refractivity contribution in [2.45, 2.75) is 33.2 Å². The maximum absolute atomic E-state index is 12.3. The molecule has 0 aliphatic heterocycles. The molecule has 0 amide bonds. The SMILES string of the molecule is CCC(C(=O)OCC(C)C)n1c(=O)oc2cc(C(=O)OC)ccc21. The highest BCUT2D eigenvalue weighted by atomic mass is 16.5. The minimum Gasteiger partial charge on any atom is -0.465 e. The van der Waals surface area contributed by atoms with E-state index in [2.05, 4.69) is 4.74 Å². The average molecular weight is 335 g/mol. The summed E-state index contributed by atoms with van der Waals surface area (Å²) in [5, 5.41) is 0. The molecule has 0 saturated heterocycles. The summed E-state index contributed by atoms with van der Waals surface area (Å²) in [7, 11) is 1.27. The Labute approximate surface area is 139 Å². The summed E-state index contributed by atoms with van der Waals surface area (Å²) in [5.74, 6) is -1.48. The number of oxazole rings is 1. The second kappa shape index (κ2) is 7.33. The molecule has 2 aromatic rings. The first-order valence-corrected chi connectivity index (χ1v) is 7.79. The van der Waals surface area contributed by atoms with Gasteiger partial charge in [0.2, 0.25) is 0 Å². The Kier molecular flexibility index (Phi) is 5.43. The van der Waals surface area contributed by atoms with Gasteiger partial charge in [-0.3, -0.25) is 4.57 Å². The zero-order valence-corrected chi connectivity index (χ0v) is 14.2. The average Bonchev–Trinajstić information content (AvgIpc) is 2.88. The molecular weight excluding hydrogens is 314 g/mol. The largest absolute Gasteiger partial charge is 0.465 e. The van der Waals surface area contributed by atoms with Crippen LogP contribution in [0.1, 0.15) is 43.6 Å². The maximum atomic E-state index is 12.3. The Morgan fingerprint density at radius 1 is 1.29 bits per heavy atom. The van der Waals surface area contributed by atoms with Crippen molar-refractivity contribution in [3.63, 3.8) is 0 Å². The number of ether oxygens (including phenoxy) is 2. The predicted molar refractivity (Wildman–Crippen MR) is 86.9 cm³/mol. The number of methoxy groups -OCH3 is 1. The lowest BCUT2D eigenvalue weighted by atomic mass is 10.1. The fraction of sp³-hybridized carbons (Fsp3) is 0.471. The molecule has 0 aliphatic carbocycles. The van der Waals surface area contributed by atoms with E-state index in [-0.39, 0.29) is 23.7 Å². The van der Waals surface area contributed by atoms with E-state index in [1.165, 1.54) is 23.8 Å². The zero-order chi connectivity index (χ0) is 17.9. The smallest absolute Gasteiger partial charge is 0.420 e. The summed E-state index contributed by atoms with van der Waals surface area (Å²) in [5.41, 5.74) is 0.917. The van der Waals surface area contributed by atoms with Gasteiger partial charge in [0.25, 0.3) is 0 Å². The molecule has 7 nitrogen and oxygen atoms in total. The van der Waals surface area contributed by atoms with Crippen molar-refractivity contribution in [3.8, 4) is 0 Å². The minimum absolute atomic E-state index is 0.201. The summed E-state index contributed by atoms with van der Waals surface area (Å²) in [6.45, 7) is 5.94. The van der Waals surface area contributed by atoms with Gasteiger partial charge in [-0.15, -0.1) is 0 Å². The van der Waals surface area contributed by atoms with Gasteiger partial charge >= 0.3 is 17.7 Å². The maximum Gasteiger partial charge on any atom is 0.420 e. The Morgan fingerprint density at radius 3 is 2.58 bits per heavy atom. The Morgan fingerprint density at radius 2 is 2.00 bits per heavy atom. The predicted octanol–water partition coefficient (Wildman–Crippen LogP) is 2.53. The fourth-order valence-electron chi connectivity index (χ4n) is 2.38. The van der Waals surface area contributed by atoms with Crippen LogP contribution in [0.15, 0.2) is 27.4 Å². The highest BCUT2D eigenvalue weighted by Crippen LogP contribution is 2.22. The molecule has 130 valence electrons.